The molecule has 6 heteroatoms. The first-order chi connectivity index (χ1) is 13.7. The van der Waals surface area contributed by atoms with Gasteiger partial charge in [0.15, 0.2) is 0 Å². The summed E-state index contributed by atoms with van der Waals surface area (Å²) in [5.41, 5.74) is 9.32. The summed E-state index contributed by atoms with van der Waals surface area (Å²) in [6, 6.07) is 15.7. The third kappa shape index (κ3) is 5.58. The fourth-order valence-electron chi connectivity index (χ4n) is 3.25. The molecule has 3 N–H and O–H groups in total. The molecule has 28 heavy (non-hydrogen) atoms. The number of aromatic amines is 1. The third-order valence-electron chi connectivity index (χ3n) is 4.45. The van der Waals surface area contributed by atoms with Gasteiger partial charge in [0.1, 0.15) is 5.82 Å². The minimum Gasteiger partial charge on any atom is -0.330 e. The third-order valence-corrected chi connectivity index (χ3v) is 4.45. The average Bonchev–Trinajstić information content (AvgIpc) is 2.69. The van der Waals surface area contributed by atoms with Crippen LogP contribution in [-0.2, 0) is 19.5 Å². The van der Waals surface area contributed by atoms with Crippen LogP contribution in [0.25, 0.3) is 11.4 Å². The average molecular weight is 377 g/mol. The molecule has 0 amide bonds. The van der Waals surface area contributed by atoms with Crippen molar-refractivity contribution in [3.8, 4) is 11.4 Å². The molecule has 2 heterocycles. The SMILES string of the molecule is CCCN(Cc1cccc(-c2nc(CCN)cc(=O)[nH]2)c1)Cc1ccccn1. The van der Waals surface area contributed by atoms with E-state index in [2.05, 4.69) is 45.0 Å². The Bertz CT molecular complexity index is 939. The highest BCUT2D eigenvalue weighted by atomic mass is 16.1. The number of hydrogen-bond acceptors (Lipinski definition) is 5. The van der Waals surface area contributed by atoms with E-state index in [1.54, 1.807) is 0 Å². The highest BCUT2D eigenvalue weighted by Crippen LogP contribution is 2.18. The van der Waals surface area contributed by atoms with E-state index in [1.165, 1.54) is 11.6 Å². The Morgan fingerprint density at radius 3 is 2.71 bits per heavy atom. The maximum Gasteiger partial charge on any atom is 0.251 e. The molecule has 3 rings (SSSR count). The lowest BCUT2D eigenvalue weighted by Crippen LogP contribution is -2.24. The molecule has 0 aliphatic heterocycles. The van der Waals surface area contributed by atoms with E-state index < -0.39 is 0 Å². The molecule has 2 aromatic heterocycles. The lowest BCUT2D eigenvalue weighted by Gasteiger charge is -2.21. The van der Waals surface area contributed by atoms with Crippen LogP contribution in [0, 0.1) is 0 Å². The Labute approximate surface area is 165 Å². The van der Waals surface area contributed by atoms with E-state index in [-0.39, 0.29) is 5.56 Å². The summed E-state index contributed by atoms with van der Waals surface area (Å²) >= 11 is 0. The molecule has 0 saturated heterocycles. The first kappa shape index (κ1) is 19.9. The van der Waals surface area contributed by atoms with Crippen molar-refractivity contribution >= 4 is 0 Å². The van der Waals surface area contributed by atoms with Crippen LogP contribution in [0.5, 0.6) is 0 Å². The highest BCUT2D eigenvalue weighted by molar-refractivity contribution is 5.56. The Hall–Kier alpha value is -2.83. The largest absolute Gasteiger partial charge is 0.330 e. The number of nitrogens with zero attached hydrogens (tertiary/aromatic N) is 3. The molecule has 0 atom stereocenters. The van der Waals surface area contributed by atoms with Crippen molar-refractivity contribution < 1.29 is 0 Å². The molecule has 0 bridgehead atoms. The number of nitrogens with two attached hydrogens (primary N) is 1. The summed E-state index contributed by atoms with van der Waals surface area (Å²) in [7, 11) is 0. The monoisotopic (exact) mass is 377 g/mol. The summed E-state index contributed by atoms with van der Waals surface area (Å²) < 4.78 is 0. The number of benzene rings is 1. The van der Waals surface area contributed by atoms with Gasteiger partial charge >= 0.3 is 0 Å². The summed E-state index contributed by atoms with van der Waals surface area (Å²) in [5.74, 6) is 0.588. The fraction of sp³-hybridized carbons (Fsp3) is 0.318. The van der Waals surface area contributed by atoms with Gasteiger partial charge in [-0.05, 0) is 43.3 Å². The Morgan fingerprint density at radius 1 is 1.07 bits per heavy atom. The molecule has 0 radical (unpaired) electrons. The summed E-state index contributed by atoms with van der Waals surface area (Å²) in [6.07, 6.45) is 3.49. The molecule has 3 aromatic rings. The molecule has 0 fully saturated rings. The van der Waals surface area contributed by atoms with Crippen molar-refractivity contribution in [1.29, 1.82) is 0 Å². The Balaban J connectivity index is 1.81. The zero-order valence-corrected chi connectivity index (χ0v) is 16.3. The molecule has 0 aliphatic rings. The number of rotatable bonds is 9. The van der Waals surface area contributed by atoms with Crippen molar-refractivity contribution in [2.24, 2.45) is 5.73 Å². The minimum atomic E-state index is -0.151. The van der Waals surface area contributed by atoms with E-state index in [4.69, 9.17) is 5.73 Å². The number of nitrogens with one attached hydrogen (secondary N) is 1. The summed E-state index contributed by atoms with van der Waals surface area (Å²) in [6.45, 7) is 5.25. The maximum absolute atomic E-state index is 12.0. The van der Waals surface area contributed by atoms with Crippen LogP contribution < -0.4 is 11.3 Å². The second-order valence-corrected chi connectivity index (χ2v) is 6.86. The van der Waals surface area contributed by atoms with Gasteiger partial charge in [-0.15, -0.1) is 0 Å². The van der Waals surface area contributed by atoms with E-state index in [0.717, 1.165) is 43.0 Å². The fourth-order valence-corrected chi connectivity index (χ4v) is 3.25. The van der Waals surface area contributed by atoms with Crippen LogP contribution in [0.15, 0.2) is 59.5 Å². The second-order valence-electron chi connectivity index (χ2n) is 6.86. The summed E-state index contributed by atoms with van der Waals surface area (Å²) in [4.78, 5) is 26.2. The topological polar surface area (TPSA) is 87.9 Å². The van der Waals surface area contributed by atoms with Crippen molar-refractivity contribution in [1.82, 2.24) is 19.9 Å². The number of pyridine rings is 1. The van der Waals surface area contributed by atoms with Crippen molar-refractivity contribution in [3.05, 3.63) is 82.0 Å². The van der Waals surface area contributed by atoms with Gasteiger partial charge in [0, 0.05) is 43.0 Å². The van der Waals surface area contributed by atoms with Gasteiger partial charge in [-0.25, -0.2) is 4.98 Å². The molecule has 0 saturated carbocycles. The van der Waals surface area contributed by atoms with Crippen molar-refractivity contribution in [3.63, 3.8) is 0 Å². The van der Waals surface area contributed by atoms with Crippen LogP contribution in [0.4, 0.5) is 0 Å². The molecule has 146 valence electrons. The predicted molar refractivity (Wildman–Crippen MR) is 112 cm³/mol. The van der Waals surface area contributed by atoms with E-state index >= 15 is 0 Å². The van der Waals surface area contributed by atoms with Crippen LogP contribution in [0.1, 0.15) is 30.3 Å². The molecule has 1 aromatic carbocycles. The van der Waals surface area contributed by atoms with Crippen molar-refractivity contribution in [2.45, 2.75) is 32.9 Å². The smallest absolute Gasteiger partial charge is 0.251 e. The molecule has 0 unspecified atom stereocenters. The van der Waals surface area contributed by atoms with Gasteiger partial charge in [0.2, 0.25) is 0 Å². The van der Waals surface area contributed by atoms with Gasteiger partial charge in [0.25, 0.3) is 5.56 Å². The minimum absolute atomic E-state index is 0.151. The molecule has 0 aliphatic carbocycles. The van der Waals surface area contributed by atoms with Gasteiger partial charge in [0.05, 0.1) is 5.69 Å². The van der Waals surface area contributed by atoms with Gasteiger partial charge in [-0.2, -0.15) is 0 Å². The number of hydrogen-bond donors (Lipinski definition) is 2. The van der Waals surface area contributed by atoms with Crippen molar-refractivity contribution in [2.75, 3.05) is 13.1 Å². The van der Waals surface area contributed by atoms with E-state index in [1.807, 2.05) is 30.5 Å². The molecule has 6 nitrogen and oxygen atoms in total. The quantitative estimate of drug-likeness (QED) is 0.599. The van der Waals surface area contributed by atoms with Gasteiger partial charge in [-0.3, -0.25) is 14.7 Å². The van der Waals surface area contributed by atoms with Gasteiger partial charge in [-0.1, -0.05) is 31.2 Å². The molecular formula is C22H27N5O. The number of H-pyrrole nitrogens is 1. The van der Waals surface area contributed by atoms with E-state index in [0.29, 0.717) is 18.8 Å². The van der Waals surface area contributed by atoms with Crippen LogP contribution in [0.2, 0.25) is 0 Å². The van der Waals surface area contributed by atoms with Crippen LogP contribution in [-0.4, -0.2) is 32.9 Å². The summed E-state index contributed by atoms with van der Waals surface area (Å²) in [5, 5.41) is 0. The highest BCUT2D eigenvalue weighted by Gasteiger charge is 2.09. The zero-order chi connectivity index (χ0) is 19.8. The second kappa shape index (κ2) is 9.92. The lowest BCUT2D eigenvalue weighted by atomic mass is 10.1. The molecular weight excluding hydrogens is 350 g/mol. The maximum atomic E-state index is 12.0. The number of aromatic nitrogens is 3. The zero-order valence-electron chi connectivity index (χ0n) is 16.3. The Morgan fingerprint density at radius 2 is 1.96 bits per heavy atom. The predicted octanol–water partition coefficient (Wildman–Crippen LogP) is 2.75. The first-order valence-corrected chi connectivity index (χ1v) is 9.70. The molecule has 0 spiro atoms. The van der Waals surface area contributed by atoms with E-state index in [9.17, 15) is 4.79 Å². The first-order valence-electron chi connectivity index (χ1n) is 9.70. The standard InChI is InChI=1S/C22H27N5O/c1-2-12-27(16-20-8-3-4-11-24-20)15-17-6-5-7-18(13-17)22-25-19(9-10-23)14-21(28)26-22/h3-8,11,13-14H,2,9-10,12,15-16,23H2,1H3,(H,25,26,28). The van der Waals surface area contributed by atoms with Gasteiger partial charge < -0.3 is 10.7 Å². The van der Waals surface area contributed by atoms with Crippen LogP contribution >= 0.6 is 0 Å². The lowest BCUT2D eigenvalue weighted by molar-refractivity contribution is 0.254. The van der Waals surface area contributed by atoms with Crippen LogP contribution in [0.3, 0.4) is 0 Å². The Kier molecular flexibility index (Phi) is 7.06. The normalized spacial score (nSPS) is 11.1.